The van der Waals surface area contributed by atoms with Gasteiger partial charge in [0, 0.05) is 18.6 Å². The lowest BCUT2D eigenvalue weighted by atomic mass is 9.95. The molecule has 108 valence electrons. The van der Waals surface area contributed by atoms with E-state index in [0.29, 0.717) is 17.9 Å². The van der Waals surface area contributed by atoms with Gasteiger partial charge in [0.05, 0.1) is 12.2 Å². The second-order valence-corrected chi connectivity index (χ2v) is 6.82. The molecule has 0 saturated carbocycles. The van der Waals surface area contributed by atoms with Gasteiger partial charge in [-0.05, 0) is 45.1 Å². The van der Waals surface area contributed by atoms with Gasteiger partial charge in [0.2, 0.25) is 5.91 Å². The normalized spacial score (nSPS) is 40.2. The van der Waals surface area contributed by atoms with E-state index >= 15 is 0 Å². The lowest BCUT2D eigenvalue weighted by Crippen LogP contribution is -2.51. The molecule has 3 saturated heterocycles. The van der Waals surface area contributed by atoms with Crippen molar-refractivity contribution in [1.82, 2.24) is 15.1 Å². The van der Waals surface area contributed by atoms with Crippen LogP contribution in [-0.4, -0.2) is 53.1 Å². The molecule has 1 N–H and O–H groups in total. The molecule has 0 aromatic carbocycles. The van der Waals surface area contributed by atoms with Crippen LogP contribution in [0.15, 0.2) is 0 Å². The second-order valence-electron chi connectivity index (χ2n) is 6.82. The number of fused-ring (bicyclic) bond motifs is 1. The summed E-state index contributed by atoms with van der Waals surface area (Å²) >= 11 is 0. The van der Waals surface area contributed by atoms with Gasteiger partial charge in [-0.15, -0.1) is 0 Å². The third kappa shape index (κ3) is 2.29. The Morgan fingerprint density at radius 2 is 2.00 bits per heavy atom. The van der Waals surface area contributed by atoms with Crippen LogP contribution in [0.4, 0.5) is 0 Å². The maximum atomic E-state index is 12.6. The van der Waals surface area contributed by atoms with Crippen molar-refractivity contribution in [2.24, 2.45) is 5.92 Å². The summed E-state index contributed by atoms with van der Waals surface area (Å²) in [5.41, 5.74) is 0. The van der Waals surface area contributed by atoms with Crippen LogP contribution in [0.2, 0.25) is 0 Å². The van der Waals surface area contributed by atoms with Gasteiger partial charge in [0.15, 0.2) is 0 Å². The van der Waals surface area contributed by atoms with Crippen molar-refractivity contribution in [2.45, 2.75) is 70.7 Å². The zero-order chi connectivity index (χ0) is 13.6. The van der Waals surface area contributed by atoms with E-state index in [-0.39, 0.29) is 12.2 Å². The maximum absolute atomic E-state index is 12.6. The highest BCUT2D eigenvalue weighted by molar-refractivity contribution is 5.84. The highest BCUT2D eigenvalue weighted by atomic mass is 16.2. The molecule has 3 heterocycles. The summed E-state index contributed by atoms with van der Waals surface area (Å²) in [6, 6.07) is 1.21. The molecule has 1 amide bonds. The molecule has 3 rings (SSSR count). The summed E-state index contributed by atoms with van der Waals surface area (Å²) in [6.07, 6.45) is 5.21. The number of nitrogens with one attached hydrogen (secondary N) is 1. The molecule has 0 aromatic heterocycles. The van der Waals surface area contributed by atoms with Gasteiger partial charge in [-0.25, -0.2) is 0 Å². The molecule has 3 aliphatic heterocycles. The standard InChI is InChI=1S/C15H27N3O/c1-10(2)14-15(19)18(11(3)16-14)13-6-8-17-7-4-5-12(17)9-13/h10-14,16H,4-9H2,1-3H3. The number of carbonyl (C=O) groups is 1. The summed E-state index contributed by atoms with van der Waals surface area (Å²) < 4.78 is 0. The number of hydrogen-bond acceptors (Lipinski definition) is 3. The Balaban J connectivity index is 1.70. The van der Waals surface area contributed by atoms with Gasteiger partial charge in [-0.2, -0.15) is 0 Å². The summed E-state index contributed by atoms with van der Waals surface area (Å²) in [7, 11) is 0. The Morgan fingerprint density at radius 1 is 1.21 bits per heavy atom. The molecule has 4 unspecified atom stereocenters. The fourth-order valence-corrected chi connectivity index (χ4v) is 4.19. The highest BCUT2D eigenvalue weighted by Crippen LogP contribution is 2.32. The minimum Gasteiger partial charge on any atom is -0.323 e. The van der Waals surface area contributed by atoms with E-state index in [9.17, 15) is 4.79 Å². The molecular formula is C15H27N3O. The third-order valence-electron chi connectivity index (χ3n) is 5.21. The minimum absolute atomic E-state index is 0.0246. The second kappa shape index (κ2) is 5.06. The Bertz CT molecular complexity index is 357. The average Bonchev–Trinajstić information content (AvgIpc) is 2.93. The molecule has 0 radical (unpaired) electrons. The smallest absolute Gasteiger partial charge is 0.241 e. The van der Waals surface area contributed by atoms with Crippen LogP contribution in [0.1, 0.15) is 46.5 Å². The SMILES string of the molecule is CC(C)C1NC(C)N(C2CCN3CCCC3C2)C1=O. The largest absolute Gasteiger partial charge is 0.323 e. The van der Waals surface area contributed by atoms with E-state index in [1.807, 2.05) is 0 Å². The Labute approximate surface area is 116 Å². The molecular weight excluding hydrogens is 238 g/mol. The van der Waals surface area contributed by atoms with E-state index in [4.69, 9.17) is 0 Å². The molecule has 0 spiro atoms. The van der Waals surface area contributed by atoms with Crippen LogP contribution >= 0.6 is 0 Å². The van der Waals surface area contributed by atoms with Crippen LogP contribution in [-0.2, 0) is 4.79 Å². The van der Waals surface area contributed by atoms with E-state index < -0.39 is 0 Å². The lowest BCUT2D eigenvalue weighted by molar-refractivity contribution is -0.134. The van der Waals surface area contributed by atoms with Crippen molar-refractivity contribution >= 4 is 5.91 Å². The van der Waals surface area contributed by atoms with E-state index in [1.54, 1.807) is 0 Å². The van der Waals surface area contributed by atoms with Gasteiger partial charge in [-0.1, -0.05) is 13.8 Å². The molecule has 19 heavy (non-hydrogen) atoms. The number of piperidine rings is 1. The fraction of sp³-hybridized carbons (Fsp3) is 0.933. The summed E-state index contributed by atoms with van der Waals surface area (Å²) in [4.78, 5) is 17.4. The lowest BCUT2D eigenvalue weighted by Gasteiger charge is -2.40. The first-order chi connectivity index (χ1) is 9.08. The first-order valence-corrected chi connectivity index (χ1v) is 7.90. The summed E-state index contributed by atoms with van der Waals surface area (Å²) in [5, 5.41) is 3.47. The molecule has 4 heteroatoms. The number of rotatable bonds is 2. The molecule has 3 aliphatic rings. The quantitative estimate of drug-likeness (QED) is 0.820. The molecule has 4 nitrogen and oxygen atoms in total. The van der Waals surface area contributed by atoms with Gasteiger partial charge < -0.3 is 9.80 Å². The van der Waals surface area contributed by atoms with Crippen molar-refractivity contribution in [3.05, 3.63) is 0 Å². The van der Waals surface area contributed by atoms with Crippen molar-refractivity contribution in [2.75, 3.05) is 13.1 Å². The van der Waals surface area contributed by atoms with E-state index in [2.05, 4.69) is 35.9 Å². The Morgan fingerprint density at radius 3 is 2.68 bits per heavy atom. The summed E-state index contributed by atoms with van der Waals surface area (Å²) in [5.74, 6) is 0.713. The van der Waals surface area contributed by atoms with Gasteiger partial charge in [-0.3, -0.25) is 10.1 Å². The van der Waals surface area contributed by atoms with Crippen molar-refractivity contribution in [1.29, 1.82) is 0 Å². The highest BCUT2D eigenvalue weighted by Gasteiger charge is 2.44. The van der Waals surface area contributed by atoms with Crippen LogP contribution in [0.5, 0.6) is 0 Å². The molecule has 0 aliphatic carbocycles. The van der Waals surface area contributed by atoms with Crippen LogP contribution in [0, 0.1) is 5.92 Å². The fourth-order valence-electron chi connectivity index (χ4n) is 4.19. The molecule has 0 aromatic rings. The molecule has 4 atom stereocenters. The average molecular weight is 265 g/mol. The number of carbonyl (C=O) groups excluding carboxylic acids is 1. The van der Waals surface area contributed by atoms with Gasteiger partial charge >= 0.3 is 0 Å². The van der Waals surface area contributed by atoms with Crippen LogP contribution in [0.25, 0.3) is 0 Å². The van der Waals surface area contributed by atoms with Crippen molar-refractivity contribution in [3.8, 4) is 0 Å². The van der Waals surface area contributed by atoms with E-state index in [0.717, 1.165) is 12.5 Å². The zero-order valence-corrected chi connectivity index (χ0v) is 12.4. The first kappa shape index (κ1) is 13.4. The topological polar surface area (TPSA) is 35.6 Å². The van der Waals surface area contributed by atoms with Crippen molar-refractivity contribution < 1.29 is 4.79 Å². The zero-order valence-electron chi connectivity index (χ0n) is 12.4. The first-order valence-electron chi connectivity index (χ1n) is 7.90. The van der Waals surface area contributed by atoms with Crippen LogP contribution in [0.3, 0.4) is 0 Å². The Kier molecular flexibility index (Phi) is 3.56. The van der Waals surface area contributed by atoms with Crippen LogP contribution < -0.4 is 5.32 Å². The monoisotopic (exact) mass is 265 g/mol. The van der Waals surface area contributed by atoms with Crippen molar-refractivity contribution in [3.63, 3.8) is 0 Å². The van der Waals surface area contributed by atoms with E-state index in [1.165, 1.54) is 32.4 Å². The third-order valence-corrected chi connectivity index (χ3v) is 5.21. The van der Waals surface area contributed by atoms with Gasteiger partial charge in [0.25, 0.3) is 0 Å². The minimum atomic E-state index is 0.0246. The Hall–Kier alpha value is -0.610. The predicted octanol–water partition coefficient (Wildman–Crippen LogP) is 1.42. The number of amides is 1. The molecule has 3 fully saturated rings. The molecule has 0 bridgehead atoms. The van der Waals surface area contributed by atoms with Gasteiger partial charge in [0.1, 0.15) is 0 Å². The number of nitrogens with zero attached hydrogens (tertiary/aromatic N) is 2. The number of hydrogen-bond donors (Lipinski definition) is 1. The summed E-state index contributed by atoms with van der Waals surface area (Å²) in [6.45, 7) is 8.85. The maximum Gasteiger partial charge on any atom is 0.241 e. The predicted molar refractivity (Wildman–Crippen MR) is 75.7 cm³/mol.